The minimum atomic E-state index is -1.03. The van der Waals surface area contributed by atoms with Crippen molar-refractivity contribution in [1.82, 2.24) is 10.9 Å². The van der Waals surface area contributed by atoms with E-state index >= 15 is 0 Å². The molecule has 0 bridgehead atoms. The van der Waals surface area contributed by atoms with E-state index in [0.29, 0.717) is 29.3 Å². The van der Waals surface area contributed by atoms with E-state index in [1.807, 2.05) is 13.8 Å². The number of hydrogen-bond acceptors (Lipinski definition) is 4. The summed E-state index contributed by atoms with van der Waals surface area (Å²) < 4.78 is 5.62. The normalized spacial score (nSPS) is 20.0. The van der Waals surface area contributed by atoms with Crippen molar-refractivity contribution in [3.05, 3.63) is 39.4 Å². The molecule has 0 fully saturated rings. The molecule has 7 nitrogen and oxygen atoms in total. The van der Waals surface area contributed by atoms with Crippen LogP contribution >= 0.6 is 23.2 Å². The molecule has 158 valence electrons. The van der Waals surface area contributed by atoms with E-state index in [1.165, 1.54) is 6.07 Å². The number of halogens is 2. The molecule has 29 heavy (non-hydrogen) atoms. The first-order chi connectivity index (χ1) is 13.6. The first-order valence-corrected chi connectivity index (χ1v) is 9.99. The number of hydrazine groups is 1. The van der Waals surface area contributed by atoms with Gasteiger partial charge in [0, 0.05) is 11.1 Å². The molecule has 0 aliphatic heterocycles. The third-order valence-corrected chi connectivity index (χ3v) is 5.60. The van der Waals surface area contributed by atoms with Crippen LogP contribution < -0.4 is 15.6 Å². The van der Waals surface area contributed by atoms with Crippen LogP contribution in [0, 0.1) is 11.8 Å². The van der Waals surface area contributed by atoms with Gasteiger partial charge in [0.05, 0.1) is 16.9 Å². The first-order valence-electron chi connectivity index (χ1n) is 9.23. The molecular formula is C20H24Cl2N2O5. The molecule has 0 heterocycles. The number of carboxylic acid groups (broad SMARTS) is 1. The van der Waals surface area contributed by atoms with Gasteiger partial charge < -0.3 is 9.84 Å². The second-order valence-corrected chi connectivity index (χ2v) is 7.93. The highest BCUT2D eigenvalue weighted by Gasteiger charge is 2.37. The van der Waals surface area contributed by atoms with Crippen molar-refractivity contribution >= 4 is 41.0 Å². The number of rotatable bonds is 6. The number of benzene rings is 1. The fourth-order valence-corrected chi connectivity index (χ4v) is 3.49. The van der Waals surface area contributed by atoms with Gasteiger partial charge in [-0.2, -0.15) is 0 Å². The number of carbonyl (C=O) groups is 3. The van der Waals surface area contributed by atoms with Gasteiger partial charge in [-0.05, 0) is 45.2 Å². The summed E-state index contributed by atoms with van der Waals surface area (Å²) >= 11 is 12.0. The molecular weight excluding hydrogens is 419 g/mol. The van der Waals surface area contributed by atoms with Crippen LogP contribution in [0.4, 0.5) is 0 Å². The van der Waals surface area contributed by atoms with Crippen LogP contribution in [0.5, 0.6) is 5.75 Å². The second-order valence-electron chi connectivity index (χ2n) is 7.09. The number of carboxylic acids is 1. The Morgan fingerprint density at radius 1 is 1.14 bits per heavy atom. The van der Waals surface area contributed by atoms with Crippen LogP contribution in [-0.2, 0) is 14.4 Å². The average molecular weight is 443 g/mol. The molecule has 3 N–H and O–H groups in total. The third-order valence-electron chi connectivity index (χ3n) is 5.06. The van der Waals surface area contributed by atoms with Crippen LogP contribution in [0.2, 0.25) is 10.0 Å². The lowest BCUT2D eigenvalue weighted by Crippen LogP contribution is -2.51. The lowest BCUT2D eigenvalue weighted by Gasteiger charge is -2.29. The predicted octanol–water partition coefficient (Wildman–Crippen LogP) is 3.75. The molecule has 0 saturated carbocycles. The highest BCUT2D eigenvalue weighted by atomic mass is 35.5. The topological polar surface area (TPSA) is 105 Å². The lowest BCUT2D eigenvalue weighted by molar-refractivity contribution is -0.148. The molecule has 1 aromatic carbocycles. The number of aliphatic carboxylic acids is 1. The summed E-state index contributed by atoms with van der Waals surface area (Å²) in [4.78, 5) is 36.5. The number of allylic oxidation sites excluding steroid dienone is 2. The van der Waals surface area contributed by atoms with E-state index in [9.17, 15) is 19.5 Å². The van der Waals surface area contributed by atoms with E-state index in [1.54, 1.807) is 19.1 Å². The van der Waals surface area contributed by atoms with Gasteiger partial charge in [0.2, 0.25) is 5.91 Å². The largest absolute Gasteiger partial charge is 0.481 e. The van der Waals surface area contributed by atoms with E-state index in [-0.39, 0.29) is 5.75 Å². The summed E-state index contributed by atoms with van der Waals surface area (Å²) in [6.07, 6.45) is 0.0290. The lowest BCUT2D eigenvalue weighted by atomic mass is 9.76. The molecule has 2 rings (SSSR count). The smallest absolute Gasteiger partial charge is 0.307 e. The van der Waals surface area contributed by atoms with Crippen LogP contribution in [0.3, 0.4) is 0 Å². The molecule has 0 spiro atoms. The van der Waals surface area contributed by atoms with Gasteiger partial charge in [-0.25, -0.2) is 0 Å². The summed E-state index contributed by atoms with van der Waals surface area (Å²) in [5.74, 6) is -3.51. The van der Waals surface area contributed by atoms with E-state index in [4.69, 9.17) is 27.9 Å². The van der Waals surface area contributed by atoms with E-state index in [0.717, 1.165) is 11.1 Å². The molecule has 2 amide bonds. The van der Waals surface area contributed by atoms with Gasteiger partial charge in [-0.3, -0.25) is 25.2 Å². The Balaban J connectivity index is 2.01. The number of carbonyl (C=O) groups excluding carboxylic acids is 2. The van der Waals surface area contributed by atoms with Crippen molar-refractivity contribution in [1.29, 1.82) is 0 Å². The SMILES string of the molecule is CC[C@H](Oc1cc(Cl)ccc1Cl)C(=O)NNC(=O)[C@H]1CC(C)=C(C)C[C@H]1C(=O)O. The van der Waals surface area contributed by atoms with Crippen molar-refractivity contribution < 1.29 is 24.2 Å². The molecule has 3 atom stereocenters. The van der Waals surface area contributed by atoms with Crippen LogP contribution in [0.1, 0.15) is 40.0 Å². The summed E-state index contributed by atoms with van der Waals surface area (Å²) in [5, 5.41) is 10.2. The molecule has 0 radical (unpaired) electrons. The summed E-state index contributed by atoms with van der Waals surface area (Å²) in [7, 11) is 0. The van der Waals surface area contributed by atoms with E-state index < -0.39 is 35.7 Å². The number of amides is 2. The number of nitrogens with one attached hydrogen (secondary N) is 2. The van der Waals surface area contributed by atoms with Crippen molar-refractivity contribution in [3.63, 3.8) is 0 Å². The highest BCUT2D eigenvalue weighted by molar-refractivity contribution is 6.34. The average Bonchev–Trinajstić information content (AvgIpc) is 2.67. The van der Waals surface area contributed by atoms with E-state index in [2.05, 4.69) is 10.9 Å². The zero-order chi connectivity index (χ0) is 21.7. The Kier molecular flexibility index (Phi) is 7.93. The zero-order valence-corrected chi connectivity index (χ0v) is 17.9. The molecule has 1 aliphatic rings. The first kappa shape index (κ1) is 23.0. The maximum Gasteiger partial charge on any atom is 0.307 e. The molecule has 0 aromatic heterocycles. The monoisotopic (exact) mass is 442 g/mol. The van der Waals surface area contributed by atoms with Crippen LogP contribution in [0.25, 0.3) is 0 Å². The van der Waals surface area contributed by atoms with Crippen molar-refractivity contribution in [2.75, 3.05) is 0 Å². The standard InChI is InChI=1S/C20H24Cl2N2O5/c1-4-16(29-17-9-12(21)5-6-15(17)22)19(26)24-23-18(25)13-7-10(2)11(3)8-14(13)20(27)28/h5-6,9,13-14,16H,4,7-8H2,1-3H3,(H,23,25)(H,24,26)(H,27,28)/t13-,14+,16-/m0/s1. The number of hydrogen-bond donors (Lipinski definition) is 3. The van der Waals surface area contributed by atoms with Gasteiger partial charge in [0.1, 0.15) is 5.75 Å². The minimum absolute atomic E-state index is 0.252. The Bertz CT molecular complexity index is 840. The summed E-state index contributed by atoms with van der Waals surface area (Å²) in [6, 6.07) is 4.65. The van der Waals surface area contributed by atoms with Gasteiger partial charge in [0.25, 0.3) is 5.91 Å². The maximum atomic E-state index is 12.5. The summed E-state index contributed by atoms with van der Waals surface area (Å²) in [5.41, 5.74) is 6.62. The van der Waals surface area contributed by atoms with Gasteiger partial charge in [-0.15, -0.1) is 0 Å². The third kappa shape index (κ3) is 5.87. The molecule has 1 aliphatic carbocycles. The van der Waals surface area contributed by atoms with Gasteiger partial charge >= 0.3 is 5.97 Å². The van der Waals surface area contributed by atoms with Gasteiger partial charge in [-0.1, -0.05) is 41.3 Å². The second kappa shape index (κ2) is 9.98. The fraction of sp³-hybridized carbons (Fsp3) is 0.450. The Morgan fingerprint density at radius 2 is 1.76 bits per heavy atom. The van der Waals surface area contributed by atoms with Crippen LogP contribution in [0.15, 0.2) is 29.3 Å². The summed E-state index contributed by atoms with van der Waals surface area (Å²) in [6.45, 7) is 5.48. The quantitative estimate of drug-likeness (QED) is 0.459. The predicted molar refractivity (Wildman–Crippen MR) is 110 cm³/mol. The molecule has 1 aromatic rings. The zero-order valence-electron chi connectivity index (χ0n) is 16.4. The maximum absolute atomic E-state index is 12.5. The van der Waals surface area contributed by atoms with Crippen molar-refractivity contribution in [2.24, 2.45) is 11.8 Å². The highest BCUT2D eigenvalue weighted by Crippen LogP contribution is 2.34. The Labute approximate surface area is 179 Å². The Morgan fingerprint density at radius 3 is 2.34 bits per heavy atom. The van der Waals surface area contributed by atoms with Gasteiger partial charge in [0.15, 0.2) is 6.10 Å². The minimum Gasteiger partial charge on any atom is -0.481 e. The molecule has 0 unspecified atom stereocenters. The van der Waals surface area contributed by atoms with Crippen molar-refractivity contribution in [2.45, 2.75) is 46.1 Å². The van der Waals surface area contributed by atoms with Crippen molar-refractivity contribution in [3.8, 4) is 5.75 Å². The Hall–Kier alpha value is -2.25. The molecule has 0 saturated heterocycles. The fourth-order valence-electron chi connectivity index (χ4n) is 3.17. The number of ether oxygens (including phenoxy) is 1. The molecule has 9 heteroatoms. The van der Waals surface area contributed by atoms with Crippen LogP contribution in [-0.4, -0.2) is 29.0 Å².